The Balaban J connectivity index is 1.51. The zero-order valence-corrected chi connectivity index (χ0v) is 22.9. The van der Waals surface area contributed by atoms with Crippen LogP contribution in [0.15, 0.2) is 58.4 Å². The number of piperazine rings is 1. The molecule has 0 atom stereocenters. The standard InChI is InChI=1S/C28H31N5O2S2/c1-3-4-8-13-33-27(35)23(37-28(33)36)19-22-25(29-24-20(2)10-9-14-32(24)26(22)34)31-17-15-30(16-18-31)21-11-6-5-7-12-21/h5-7,9-12,14,19H,3-4,8,13,15-18H2,1-2H3/b23-19-. The van der Waals surface area contributed by atoms with Crippen molar-refractivity contribution < 1.29 is 4.79 Å². The number of thiocarbonyl (C=S) groups is 1. The van der Waals surface area contributed by atoms with Gasteiger partial charge in [0.2, 0.25) is 0 Å². The van der Waals surface area contributed by atoms with Crippen molar-refractivity contribution >= 4 is 57.4 Å². The number of pyridine rings is 1. The van der Waals surface area contributed by atoms with E-state index in [0.717, 1.165) is 51.0 Å². The zero-order valence-electron chi connectivity index (χ0n) is 21.2. The van der Waals surface area contributed by atoms with E-state index in [1.54, 1.807) is 21.6 Å². The molecule has 2 saturated heterocycles. The summed E-state index contributed by atoms with van der Waals surface area (Å²) in [4.78, 5) is 38.6. The SMILES string of the molecule is CCCCCN1C(=O)/C(=C/c2c(N3CCN(c4ccccc4)CC3)nc3c(C)cccn3c2=O)SC1=S. The van der Waals surface area contributed by atoms with Gasteiger partial charge in [-0.2, -0.15) is 0 Å². The molecular weight excluding hydrogens is 502 g/mol. The minimum absolute atomic E-state index is 0.125. The molecule has 7 nitrogen and oxygen atoms in total. The summed E-state index contributed by atoms with van der Waals surface area (Å²) < 4.78 is 2.13. The Bertz CT molecular complexity index is 1410. The summed E-state index contributed by atoms with van der Waals surface area (Å²) in [5.74, 6) is 0.503. The van der Waals surface area contributed by atoms with Gasteiger partial charge in [0.25, 0.3) is 11.5 Å². The van der Waals surface area contributed by atoms with Crippen molar-refractivity contribution in [1.82, 2.24) is 14.3 Å². The molecule has 1 aromatic carbocycles. The lowest BCUT2D eigenvalue weighted by atomic mass is 10.2. The number of aromatic nitrogens is 2. The number of thioether (sulfide) groups is 1. The van der Waals surface area contributed by atoms with Crippen molar-refractivity contribution in [2.24, 2.45) is 0 Å². The van der Waals surface area contributed by atoms with Gasteiger partial charge in [0.15, 0.2) is 0 Å². The first kappa shape index (κ1) is 25.5. The minimum atomic E-state index is -0.176. The first-order valence-electron chi connectivity index (χ1n) is 12.8. The molecule has 0 aliphatic carbocycles. The van der Waals surface area contributed by atoms with E-state index >= 15 is 0 Å². The maximum Gasteiger partial charge on any atom is 0.267 e. The van der Waals surface area contributed by atoms with E-state index in [0.29, 0.717) is 32.8 Å². The average molecular weight is 534 g/mol. The molecule has 0 bridgehead atoms. The monoisotopic (exact) mass is 533 g/mol. The molecule has 192 valence electrons. The Morgan fingerprint density at radius 2 is 1.73 bits per heavy atom. The number of aryl methyl sites for hydroxylation is 1. The van der Waals surface area contributed by atoms with Crippen molar-refractivity contribution in [2.75, 3.05) is 42.5 Å². The number of anilines is 2. The highest BCUT2D eigenvalue weighted by atomic mass is 32.2. The fraction of sp³-hybridized carbons (Fsp3) is 0.357. The molecule has 0 saturated carbocycles. The van der Waals surface area contributed by atoms with E-state index in [4.69, 9.17) is 17.2 Å². The second-order valence-corrected chi connectivity index (χ2v) is 11.1. The predicted octanol–water partition coefficient (Wildman–Crippen LogP) is 4.72. The van der Waals surface area contributed by atoms with Crippen LogP contribution < -0.4 is 15.4 Å². The molecule has 2 aromatic heterocycles. The maximum absolute atomic E-state index is 13.8. The van der Waals surface area contributed by atoms with Gasteiger partial charge < -0.3 is 9.80 Å². The van der Waals surface area contributed by atoms with Gasteiger partial charge in [-0.25, -0.2) is 4.98 Å². The smallest absolute Gasteiger partial charge is 0.267 e. The van der Waals surface area contributed by atoms with Crippen molar-refractivity contribution in [3.63, 3.8) is 0 Å². The lowest BCUT2D eigenvalue weighted by Gasteiger charge is -2.37. The molecular formula is C28H31N5O2S2. The summed E-state index contributed by atoms with van der Waals surface area (Å²) in [6.07, 6.45) is 6.48. The molecule has 0 radical (unpaired) electrons. The number of hydrogen-bond acceptors (Lipinski definition) is 7. The van der Waals surface area contributed by atoms with E-state index in [-0.39, 0.29) is 11.5 Å². The summed E-state index contributed by atoms with van der Waals surface area (Å²) in [5, 5.41) is 0. The predicted molar refractivity (Wildman–Crippen MR) is 156 cm³/mol. The fourth-order valence-corrected chi connectivity index (χ4v) is 6.12. The van der Waals surface area contributed by atoms with Crippen LogP contribution in [-0.2, 0) is 4.79 Å². The molecule has 2 aliphatic rings. The topological polar surface area (TPSA) is 61.2 Å². The van der Waals surface area contributed by atoms with Crippen LogP contribution in [0.3, 0.4) is 0 Å². The van der Waals surface area contributed by atoms with Crippen molar-refractivity contribution in [2.45, 2.75) is 33.1 Å². The molecule has 0 spiro atoms. The van der Waals surface area contributed by atoms with Crippen LogP contribution in [0.1, 0.15) is 37.3 Å². The highest BCUT2D eigenvalue weighted by Gasteiger charge is 2.33. The van der Waals surface area contributed by atoms with Gasteiger partial charge in [-0.15, -0.1) is 0 Å². The van der Waals surface area contributed by atoms with Gasteiger partial charge >= 0.3 is 0 Å². The lowest BCUT2D eigenvalue weighted by Crippen LogP contribution is -2.47. The van der Waals surface area contributed by atoms with Gasteiger partial charge in [0.05, 0.1) is 10.5 Å². The summed E-state index contributed by atoms with van der Waals surface area (Å²) in [6.45, 7) is 7.78. The number of rotatable bonds is 7. The van der Waals surface area contributed by atoms with E-state index < -0.39 is 0 Å². The van der Waals surface area contributed by atoms with Gasteiger partial charge in [0.1, 0.15) is 15.8 Å². The quantitative estimate of drug-likeness (QED) is 0.247. The van der Waals surface area contributed by atoms with E-state index in [9.17, 15) is 9.59 Å². The van der Waals surface area contributed by atoms with Crippen molar-refractivity contribution in [1.29, 1.82) is 0 Å². The number of hydrogen-bond donors (Lipinski definition) is 0. The van der Waals surface area contributed by atoms with Crippen LogP contribution in [0, 0.1) is 6.92 Å². The van der Waals surface area contributed by atoms with E-state index in [2.05, 4.69) is 28.9 Å². The third kappa shape index (κ3) is 5.15. The Kier molecular flexibility index (Phi) is 7.62. The fourth-order valence-electron chi connectivity index (χ4n) is 4.83. The largest absolute Gasteiger partial charge is 0.368 e. The second kappa shape index (κ2) is 11.1. The van der Waals surface area contributed by atoms with Crippen LogP contribution in [0.2, 0.25) is 0 Å². The van der Waals surface area contributed by atoms with E-state index in [1.807, 2.05) is 37.3 Å². The number of benzene rings is 1. The number of unbranched alkanes of at least 4 members (excludes halogenated alkanes) is 2. The molecule has 5 rings (SSSR count). The van der Waals surface area contributed by atoms with Gasteiger partial charge in [-0.1, -0.05) is 68.0 Å². The minimum Gasteiger partial charge on any atom is -0.368 e. The third-order valence-electron chi connectivity index (χ3n) is 6.90. The number of nitrogens with zero attached hydrogens (tertiary/aromatic N) is 5. The van der Waals surface area contributed by atoms with Crippen molar-refractivity contribution in [3.8, 4) is 0 Å². The van der Waals surface area contributed by atoms with Gasteiger partial charge in [-0.3, -0.25) is 18.9 Å². The van der Waals surface area contributed by atoms with Crippen molar-refractivity contribution in [3.05, 3.63) is 75.0 Å². The highest BCUT2D eigenvalue weighted by molar-refractivity contribution is 8.26. The van der Waals surface area contributed by atoms with Crippen LogP contribution >= 0.6 is 24.0 Å². The second-order valence-electron chi connectivity index (χ2n) is 9.39. The number of para-hydroxylation sites is 1. The lowest BCUT2D eigenvalue weighted by molar-refractivity contribution is -0.122. The van der Waals surface area contributed by atoms with Gasteiger partial charge in [-0.05, 0) is 43.2 Å². The number of fused-ring (bicyclic) bond motifs is 1. The summed E-state index contributed by atoms with van der Waals surface area (Å²) >= 11 is 6.79. The third-order valence-corrected chi connectivity index (χ3v) is 8.28. The summed E-state index contributed by atoms with van der Waals surface area (Å²) in [5.41, 5.74) is 3.02. The Hall–Kier alpha value is -3.17. The van der Waals surface area contributed by atoms with E-state index in [1.165, 1.54) is 17.4 Å². The Labute approximate surface area is 226 Å². The molecule has 37 heavy (non-hydrogen) atoms. The molecule has 0 N–H and O–H groups in total. The van der Waals surface area contributed by atoms with Crippen LogP contribution in [-0.4, -0.2) is 57.2 Å². The molecule has 3 aromatic rings. The molecule has 2 fully saturated rings. The average Bonchev–Trinajstić information content (AvgIpc) is 3.18. The first-order chi connectivity index (χ1) is 18.0. The number of amides is 1. The molecule has 9 heteroatoms. The summed E-state index contributed by atoms with van der Waals surface area (Å²) in [6, 6.07) is 14.2. The highest BCUT2D eigenvalue weighted by Crippen LogP contribution is 2.34. The molecule has 2 aliphatic heterocycles. The van der Waals surface area contributed by atoms with Crippen LogP contribution in [0.25, 0.3) is 11.7 Å². The van der Waals surface area contributed by atoms with Crippen LogP contribution in [0.5, 0.6) is 0 Å². The van der Waals surface area contributed by atoms with Crippen LogP contribution in [0.4, 0.5) is 11.5 Å². The normalized spacial score (nSPS) is 17.5. The number of carbonyl (C=O) groups excluding carboxylic acids is 1. The maximum atomic E-state index is 13.8. The van der Waals surface area contributed by atoms with Gasteiger partial charge in [0, 0.05) is 44.6 Å². The molecule has 4 heterocycles. The first-order valence-corrected chi connectivity index (χ1v) is 14.0. The zero-order chi connectivity index (χ0) is 25.9. The Morgan fingerprint density at radius 3 is 2.46 bits per heavy atom. The Morgan fingerprint density at radius 1 is 1.00 bits per heavy atom. The summed E-state index contributed by atoms with van der Waals surface area (Å²) in [7, 11) is 0. The molecule has 1 amide bonds. The molecule has 0 unspecified atom stereocenters. The number of carbonyl (C=O) groups is 1.